The van der Waals surface area contributed by atoms with E-state index in [0.29, 0.717) is 5.41 Å². The minimum Gasteiger partial charge on any atom is -0.370 e. The van der Waals surface area contributed by atoms with Crippen molar-refractivity contribution in [2.45, 2.75) is 26.7 Å². The van der Waals surface area contributed by atoms with E-state index in [-0.39, 0.29) is 0 Å². The van der Waals surface area contributed by atoms with Crippen LogP contribution in [0.4, 0.5) is 10.1 Å². The van der Waals surface area contributed by atoms with Crippen LogP contribution < -0.4 is 4.90 Å². The topological polar surface area (TPSA) is 16.1 Å². The van der Waals surface area contributed by atoms with Crippen LogP contribution in [0.1, 0.15) is 26.7 Å². The SMILES string of the molecule is CCC1(CC)CN(c2ccnc(F)c2)C1. The molecular weight excluding hydrogens is 191 g/mol. The lowest BCUT2D eigenvalue weighted by molar-refractivity contribution is 0.194. The first kappa shape index (κ1) is 10.4. The second-order valence-corrected chi connectivity index (χ2v) is 4.40. The van der Waals surface area contributed by atoms with Gasteiger partial charge in [-0.3, -0.25) is 0 Å². The second-order valence-electron chi connectivity index (χ2n) is 4.40. The van der Waals surface area contributed by atoms with Crippen LogP contribution in [0, 0.1) is 11.4 Å². The molecule has 0 aromatic carbocycles. The number of nitrogens with zero attached hydrogens (tertiary/aromatic N) is 2. The first-order valence-corrected chi connectivity index (χ1v) is 5.55. The summed E-state index contributed by atoms with van der Waals surface area (Å²) in [6.45, 7) is 6.55. The van der Waals surface area contributed by atoms with E-state index in [1.165, 1.54) is 25.1 Å². The third kappa shape index (κ3) is 1.83. The van der Waals surface area contributed by atoms with Gasteiger partial charge in [-0.1, -0.05) is 13.8 Å². The Hall–Kier alpha value is -1.12. The fourth-order valence-electron chi connectivity index (χ4n) is 2.23. The maximum absolute atomic E-state index is 12.9. The normalized spacial score (nSPS) is 18.7. The number of hydrogen-bond donors (Lipinski definition) is 0. The smallest absolute Gasteiger partial charge is 0.214 e. The predicted octanol–water partition coefficient (Wildman–Crippen LogP) is 2.85. The van der Waals surface area contributed by atoms with Crippen molar-refractivity contribution in [2.24, 2.45) is 5.41 Å². The van der Waals surface area contributed by atoms with Gasteiger partial charge in [-0.2, -0.15) is 4.39 Å². The number of anilines is 1. The fourth-order valence-corrected chi connectivity index (χ4v) is 2.23. The summed E-state index contributed by atoms with van der Waals surface area (Å²) < 4.78 is 12.9. The van der Waals surface area contributed by atoms with Crippen LogP contribution in [0.15, 0.2) is 18.3 Å². The van der Waals surface area contributed by atoms with Gasteiger partial charge in [0.15, 0.2) is 0 Å². The van der Waals surface area contributed by atoms with Gasteiger partial charge < -0.3 is 4.90 Å². The minimum atomic E-state index is -0.391. The molecule has 2 nitrogen and oxygen atoms in total. The Balaban J connectivity index is 2.05. The molecule has 1 saturated heterocycles. The van der Waals surface area contributed by atoms with E-state index in [2.05, 4.69) is 23.7 Å². The lowest BCUT2D eigenvalue weighted by atomic mass is 9.75. The summed E-state index contributed by atoms with van der Waals surface area (Å²) in [6.07, 6.45) is 3.93. The van der Waals surface area contributed by atoms with Crippen LogP contribution >= 0.6 is 0 Å². The van der Waals surface area contributed by atoms with Crippen molar-refractivity contribution in [3.05, 3.63) is 24.3 Å². The largest absolute Gasteiger partial charge is 0.370 e. The summed E-state index contributed by atoms with van der Waals surface area (Å²) in [5, 5.41) is 0. The number of halogens is 1. The first-order chi connectivity index (χ1) is 7.19. The highest BCUT2D eigenvalue weighted by Gasteiger charge is 2.39. The quantitative estimate of drug-likeness (QED) is 0.710. The number of hydrogen-bond acceptors (Lipinski definition) is 2. The Morgan fingerprint density at radius 3 is 2.60 bits per heavy atom. The molecule has 1 aliphatic heterocycles. The molecule has 0 radical (unpaired) electrons. The molecule has 82 valence electrons. The highest BCUT2D eigenvalue weighted by Crippen LogP contribution is 2.39. The van der Waals surface area contributed by atoms with Crippen LogP contribution in [0.25, 0.3) is 0 Å². The Kier molecular flexibility index (Phi) is 2.63. The molecule has 0 bridgehead atoms. The van der Waals surface area contributed by atoms with Crippen LogP contribution in [-0.2, 0) is 0 Å². The van der Waals surface area contributed by atoms with Gasteiger partial charge in [0.25, 0.3) is 0 Å². The Labute approximate surface area is 90.1 Å². The Morgan fingerprint density at radius 2 is 2.07 bits per heavy atom. The zero-order valence-electron chi connectivity index (χ0n) is 9.33. The molecule has 2 heterocycles. The van der Waals surface area contributed by atoms with Gasteiger partial charge in [0.2, 0.25) is 5.95 Å². The lowest BCUT2D eigenvalue weighted by Crippen LogP contribution is -2.55. The first-order valence-electron chi connectivity index (χ1n) is 5.55. The maximum atomic E-state index is 12.9. The van der Waals surface area contributed by atoms with Gasteiger partial charge in [-0.25, -0.2) is 4.98 Å². The van der Waals surface area contributed by atoms with E-state index in [0.717, 1.165) is 18.8 Å². The summed E-state index contributed by atoms with van der Waals surface area (Å²) in [4.78, 5) is 5.78. The van der Waals surface area contributed by atoms with E-state index in [4.69, 9.17) is 0 Å². The molecule has 0 atom stereocenters. The van der Waals surface area contributed by atoms with E-state index in [1.807, 2.05) is 6.07 Å². The summed E-state index contributed by atoms with van der Waals surface area (Å²) >= 11 is 0. The zero-order valence-corrected chi connectivity index (χ0v) is 9.33. The van der Waals surface area contributed by atoms with Crippen LogP contribution in [-0.4, -0.2) is 18.1 Å². The summed E-state index contributed by atoms with van der Waals surface area (Å²) in [7, 11) is 0. The van der Waals surface area contributed by atoms with E-state index < -0.39 is 5.95 Å². The molecule has 0 N–H and O–H groups in total. The molecule has 1 fully saturated rings. The van der Waals surface area contributed by atoms with Gasteiger partial charge in [-0.05, 0) is 18.9 Å². The van der Waals surface area contributed by atoms with Crippen molar-refractivity contribution in [3.8, 4) is 0 Å². The van der Waals surface area contributed by atoms with Crippen molar-refractivity contribution in [3.63, 3.8) is 0 Å². The molecule has 1 aliphatic rings. The Bertz CT molecular complexity index is 339. The lowest BCUT2D eigenvalue weighted by Gasteiger charge is -2.51. The van der Waals surface area contributed by atoms with Crippen LogP contribution in [0.3, 0.4) is 0 Å². The van der Waals surface area contributed by atoms with Crippen LogP contribution in [0.2, 0.25) is 0 Å². The van der Waals surface area contributed by atoms with Crippen molar-refractivity contribution in [1.82, 2.24) is 4.98 Å². The highest BCUT2D eigenvalue weighted by molar-refractivity contribution is 5.48. The molecule has 3 heteroatoms. The maximum Gasteiger partial charge on any atom is 0.214 e. The van der Waals surface area contributed by atoms with Crippen molar-refractivity contribution < 1.29 is 4.39 Å². The summed E-state index contributed by atoms with van der Waals surface area (Å²) in [5.41, 5.74) is 1.42. The third-order valence-electron chi connectivity index (χ3n) is 3.63. The molecule has 2 rings (SSSR count). The van der Waals surface area contributed by atoms with Crippen LogP contribution in [0.5, 0.6) is 0 Å². The van der Waals surface area contributed by atoms with Crippen molar-refractivity contribution in [1.29, 1.82) is 0 Å². The molecule has 0 unspecified atom stereocenters. The van der Waals surface area contributed by atoms with Crippen molar-refractivity contribution >= 4 is 5.69 Å². The molecule has 0 spiro atoms. The summed E-state index contributed by atoms with van der Waals surface area (Å²) in [6, 6.07) is 3.38. The average Bonchev–Trinajstić information content (AvgIpc) is 2.18. The van der Waals surface area contributed by atoms with E-state index in [9.17, 15) is 4.39 Å². The Morgan fingerprint density at radius 1 is 1.40 bits per heavy atom. The van der Waals surface area contributed by atoms with E-state index >= 15 is 0 Å². The average molecular weight is 208 g/mol. The second kappa shape index (κ2) is 3.80. The van der Waals surface area contributed by atoms with Crippen molar-refractivity contribution in [2.75, 3.05) is 18.0 Å². The molecule has 0 aliphatic carbocycles. The third-order valence-corrected chi connectivity index (χ3v) is 3.63. The molecule has 0 saturated carbocycles. The van der Waals surface area contributed by atoms with Gasteiger partial charge in [0.1, 0.15) is 0 Å². The van der Waals surface area contributed by atoms with Gasteiger partial charge in [-0.15, -0.1) is 0 Å². The minimum absolute atomic E-state index is 0.391. The highest BCUT2D eigenvalue weighted by atomic mass is 19.1. The number of aromatic nitrogens is 1. The molecule has 1 aromatic heterocycles. The molecule has 15 heavy (non-hydrogen) atoms. The standard InChI is InChI=1S/C12H17FN2/c1-3-12(4-2)8-15(9-12)10-5-6-14-11(13)7-10/h5-7H,3-4,8-9H2,1-2H3. The molecule has 0 amide bonds. The number of pyridine rings is 1. The van der Waals surface area contributed by atoms with Gasteiger partial charge in [0, 0.05) is 36.5 Å². The monoisotopic (exact) mass is 208 g/mol. The molecular formula is C12H17FN2. The van der Waals surface area contributed by atoms with E-state index in [1.54, 1.807) is 0 Å². The summed E-state index contributed by atoms with van der Waals surface area (Å²) in [5.74, 6) is -0.391. The van der Waals surface area contributed by atoms with Gasteiger partial charge in [0.05, 0.1) is 0 Å². The fraction of sp³-hybridized carbons (Fsp3) is 0.583. The molecule has 1 aromatic rings. The zero-order chi connectivity index (χ0) is 10.9. The van der Waals surface area contributed by atoms with Gasteiger partial charge >= 0.3 is 0 Å². The predicted molar refractivity (Wildman–Crippen MR) is 59.4 cm³/mol. The number of rotatable bonds is 3.